The lowest BCUT2D eigenvalue weighted by atomic mass is 9.67. The van der Waals surface area contributed by atoms with Crippen LogP contribution in [0.15, 0.2) is 78.9 Å². The Bertz CT molecular complexity index is 3110. The summed E-state index contributed by atoms with van der Waals surface area (Å²) < 4.78 is 17.8. The predicted octanol–water partition coefficient (Wildman–Crippen LogP) is 7.05. The molecule has 6 N–H and O–H groups in total. The van der Waals surface area contributed by atoms with Crippen molar-refractivity contribution in [1.29, 1.82) is 0 Å². The molecule has 5 aliphatic rings. The number of hydrogen-bond donors (Lipinski definition) is 5. The van der Waals surface area contributed by atoms with E-state index >= 15 is 0 Å². The summed E-state index contributed by atoms with van der Waals surface area (Å²) in [6, 6.07) is 17.5. The minimum Gasteiger partial charge on any atom is -0.507 e. The third-order valence-electron chi connectivity index (χ3n) is 16.8. The van der Waals surface area contributed by atoms with Crippen LogP contribution in [0.4, 0.5) is 16.2 Å². The highest BCUT2D eigenvalue weighted by molar-refractivity contribution is 6.19. The number of nitrogens with one attached hydrogen (secondary N) is 2. The van der Waals surface area contributed by atoms with E-state index in [4.69, 9.17) is 31.5 Å². The first kappa shape index (κ1) is 60.1. The largest absolute Gasteiger partial charge is 0.507 e. The number of fused-ring (bicyclic) bond motifs is 5. The summed E-state index contributed by atoms with van der Waals surface area (Å²) in [4.78, 5) is 113. The van der Waals surface area contributed by atoms with E-state index in [1.54, 1.807) is 40.1 Å². The lowest BCUT2D eigenvalue weighted by Crippen LogP contribution is -2.58. The van der Waals surface area contributed by atoms with Crippen LogP contribution in [0.1, 0.15) is 129 Å². The number of benzene rings is 4. The van der Waals surface area contributed by atoms with Crippen LogP contribution in [0.2, 0.25) is 0 Å². The maximum absolute atomic E-state index is 14.2. The van der Waals surface area contributed by atoms with Crippen LogP contribution >= 0.6 is 11.6 Å². The van der Waals surface area contributed by atoms with Gasteiger partial charge in [0.25, 0.3) is 17.7 Å². The number of nitrogens with two attached hydrogens (primary N) is 1. The zero-order valence-corrected chi connectivity index (χ0v) is 47.7. The fourth-order valence-corrected chi connectivity index (χ4v) is 12.2. The molecule has 7 amide bonds. The number of amides is 7. The van der Waals surface area contributed by atoms with Crippen LogP contribution in [0.3, 0.4) is 0 Å². The molecule has 20 nitrogen and oxygen atoms in total. The van der Waals surface area contributed by atoms with Gasteiger partial charge < -0.3 is 50.6 Å². The van der Waals surface area contributed by atoms with Crippen LogP contribution in [-0.2, 0) is 46.5 Å². The van der Waals surface area contributed by atoms with Crippen molar-refractivity contribution in [2.24, 2.45) is 11.1 Å². The smallest absolute Gasteiger partial charge is 0.416 e. The summed E-state index contributed by atoms with van der Waals surface area (Å²) in [7, 11) is 1.45. The number of ether oxygens (including phenoxy) is 3. The highest BCUT2D eigenvalue weighted by atomic mass is 35.5. The molecule has 4 aromatic carbocycles. The molecule has 0 radical (unpaired) electrons. The van der Waals surface area contributed by atoms with Crippen LogP contribution in [0, 0.1) is 5.41 Å². The Labute approximate surface area is 487 Å². The SMILES string of the molecule is COc1cc2c(cc1OCCCCCC(=O)N1C[C@@H](CCl)c3c1cc(O)c1ccccc31)N(C(=O)OCc1ccc(CC(=O)[C@H](CCCCN)NC(=O)C3(C(=O)NCCCCCN4C(=O)C=CC4=O)CCC3)cc1)C(O)[C@@H]1CCCN1C2=O. The number of carbonyl (C=O) groups is 8. The number of nitrogens with zero attached hydrogens (tertiary/aromatic N) is 4. The molecule has 83 heavy (non-hydrogen) atoms. The van der Waals surface area contributed by atoms with Crippen LogP contribution in [0.25, 0.3) is 10.8 Å². The van der Waals surface area contributed by atoms with Gasteiger partial charge in [-0.15, -0.1) is 11.6 Å². The van der Waals surface area contributed by atoms with E-state index in [2.05, 4.69) is 10.6 Å². The fourth-order valence-electron chi connectivity index (χ4n) is 12.0. The zero-order valence-electron chi connectivity index (χ0n) is 46.9. The Morgan fingerprint density at radius 3 is 2.28 bits per heavy atom. The molecule has 1 saturated carbocycles. The number of aliphatic hydroxyl groups is 1. The first-order chi connectivity index (χ1) is 40.2. The average molecular weight is 1160 g/mol. The molecule has 4 heterocycles. The predicted molar refractivity (Wildman–Crippen MR) is 310 cm³/mol. The normalized spacial score (nSPS) is 19.0. The van der Waals surface area contributed by atoms with Gasteiger partial charge in [0.15, 0.2) is 23.5 Å². The number of ketones is 1. The molecule has 1 aliphatic carbocycles. The van der Waals surface area contributed by atoms with Crippen molar-refractivity contribution in [2.45, 2.75) is 134 Å². The molecule has 4 atom stereocenters. The second-order valence-corrected chi connectivity index (χ2v) is 22.4. The number of Topliss-reactive ketones (excluding diaryl/α,β-unsaturated/α-hetero) is 1. The Morgan fingerprint density at radius 2 is 1.57 bits per heavy atom. The van der Waals surface area contributed by atoms with Gasteiger partial charge in [-0.25, -0.2) is 9.69 Å². The number of halogens is 1. The molecule has 1 unspecified atom stereocenters. The number of hydrogen-bond acceptors (Lipinski definition) is 14. The summed E-state index contributed by atoms with van der Waals surface area (Å²) >= 11 is 6.40. The number of phenols is 1. The number of rotatable bonds is 27. The van der Waals surface area contributed by atoms with E-state index < -0.39 is 41.6 Å². The van der Waals surface area contributed by atoms with Gasteiger partial charge >= 0.3 is 6.09 Å². The Hall–Kier alpha value is -7.55. The second kappa shape index (κ2) is 27.2. The molecular formula is C62H74ClN7O13. The summed E-state index contributed by atoms with van der Waals surface area (Å²) in [6.45, 7) is 1.83. The van der Waals surface area contributed by atoms with Crippen molar-refractivity contribution in [3.8, 4) is 17.2 Å². The Morgan fingerprint density at radius 1 is 0.831 bits per heavy atom. The summed E-state index contributed by atoms with van der Waals surface area (Å²) in [5.74, 6) is -1.37. The molecule has 4 aromatic rings. The minimum absolute atomic E-state index is 0.0254. The number of aromatic hydroxyl groups is 1. The number of imide groups is 1. The Balaban J connectivity index is 0.786. The molecule has 9 rings (SSSR count). The van der Waals surface area contributed by atoms with Crippen molar-refractivity contribution >= 4 is 81.1 Å². The third kappa shape index (κ3) is 13.1. The van der Waals surface area contributed by atoms with Gasteiger partial charge in [0.05, 0.1) is 42.7 Å². The summed E-state index contributed by atoms with van der Waals surface area (Å²) in [5, 5.41) is 30.1. The quantitative estimate of drug-likeness (QED) is 0.0173. The van der Waals surface area contributed by atoms with Crippen molar-refractivity contribution < 1.29 is 62.8 Å². The van der Waals surface area contributed by atoms with Crippen molar-refractivity contribution in [1.82, 2.24) is 20.4 Å². The monoisotopic (exact) mass is 1160 g/mol. The highest BCUT2D eigenvalue weighted by Gasteiger charge is 2.51. The number of aliphatic hydroxyl groups excluding tert-OH is 1. The first-order valence-corrected chi connectivity index (χ1v) is 29.6. The van der Waals surface area contributed by atoms with Gasteiger partial charge in [0.1, 0.15) is 17.8 Å². The standard InChI is InChI=1S/C62H74ClN7O13/c1-81-51-33-44-47(35-52(51)82-31-11-2-4-18-53(73)69-37-41(36-63)56-43-15-6-5-14-42(43)49(71)34-48(56)69)70(58(77)46-17-12-30-67(46)57(44)76)61(80)83-38-40-21-19-39(20-22-40)32-50(72)45(16-7-8-27-64)66-60(79)62(25-13-26-62)59(78)65-28-9-3-10-29-68-54(74)23-24-55(68)75/h5-6,14-15,19-24,33-35,41,45-46,58,71,77H,2-4,7-13,16-18,25-32,36-38,64H2,1H3,(H,65,78)(H,66,79)/t41-,45+,46+,58?/m1/s1. The molecule has 4 aliphatic heterocycles. The Kier molecular flexibility index (Phi) is 19.7. The average Bonchev–Trinajstić information content (AvgIpc) is 2.78. The van der Waals surface area contributed by atoms with Crippen LogP contribution < -0.4 is 35.6 Å². The number of alkyl halides is 1. The van der Waals surface area contributed by atoms with Crippen LogP contribution in [0.5, 0.6) is 17.2 Å². The molecule has 0 bridgehead atoms. The maximum Gasteiger partial charge on any atom is 0.416 e. The molecular weight excluding hydrogens is 1090 g/mol. The second-order valence-electron chi connectivity index (χ2n) is 22.1. The summed E-state index contributed by atoms with van der Waals surface area (Å²) in [6.07, 6.45) is 8.00. The number of phenolic OH excluding ortho intramolecular Hbond substituents is 1. The van der Waals surface area contributed by atoms with E-state index in [9.17, 15) is 48.6 Å². The number of anilines is 2. The van der Waals surface area contributed by atoms with Gasteiger partial charge in [-0.1, -0.05) is 55.0 Å². The molecule has 0 spiro atoms. The van der Waals surface area contributed by atoms with E-state index in [1.807, 2.05) is 24.3 Å². The topological polar surface area (TPSA) is 268 Å². The van der Waals surface area contributed by atoms with E-state index in [0.29, 0.717) is 145 Å². The zero-order chi connectivity index (χ0) is 58.8. The van der Waals surface area contributed by atoms with E-state index in [0.717, 1.165) is 21.2 Å². The lowest BCUT2D eigenvalue weighted by Gasteiger charge is -2.39. The van der Waals surface area contributed by atoms with Gasteiger partial charge in [-0.3, -0.25) is 38.5 Å². The van der Waals surface area contributed by atoms with Gasteiger partial charge in [0, 0.05) is 80.5 Å². The van der Waals surface area contributed by atoms with Crippen molar-refractivity contribution in [2.75, 3.05) is 62.1 Å². The number of unbranched alkanes of at least 4 members (excludes halogenated alkanes) is 5. The first-order valence-electron chi connectivity index (χ1n) is 29.0. The number of methoxy groups -OCH3 is 1. The lowest BCUT2D eigenvalue weighted by molar-refractivity contribution is -0.151. The van der Waals surface area contributed by atoms with Crippen molar-refractivity contribution in [3.05, 3.63) is 101 Å². The van der Waals surface area contributed by atoms with Gasteiger partial charge in [-0.05, 0) is 118 Å². The number of carbonyl (C=O) groups excluding carboxylic acids is 8. The van der Waals surface area contributed by atoms with Crippen LogP contribution in [-0.4, -0.2) is 138 Å². The molecule has 1 saturated heterocycles. The highest BCUT2D eigenvalue weighted by Crippen LogP contribution is 2.46. The molecule has 21 heteroatoms. The molecule has 0 aromatic heterocycles. The fraction of sp³-hybridized carbons (Fsp3) is 0.484. The van der Waals surface area contributed by atoms with E-state index in [1.165, 1.54) is 36.3 Å². The third-order valence-corrected chi connectivity index (χ3v) is 17.2. The summed E-state index contributed by atoms with van der Waals surface area (Å²) in [5.41, 5.74) is 7.57. The maximum atomic E-state index is 14.2. The van der Waals surface area contributed by atoms with E-state index in [-0.39, 0.29) is 89.9 Å². The van der Waals surface area contributed by atoms with Crippen molar-refractivity contribution in [3.63, 3.8) is 0 Å². The molecule has 2 fully saturated rings. The molecule has 442 valence electrons. The van der Waals surface area contributed by atoms with Gasteiger partial charge in [0.2, 0.25) is 17.7 Å². The minimum atomic E-state index is -1.46. The van der Waals surface area contributed by atoms with Gasteiger partial charge in [-0.2, -0.15) is 0 Å².